The fraction of sp³-hybridized carbons (Fsp3) is 0.300. The molecule has 5 nitrogen and oxygen atoms in total. The Morgan fingerprint density at radius 3 is 2.33 bits per heavy atom. The smallest absolute Gasteiger partial charge is 0.253 e. The summed E-state index contributed by atoms with van der Waals surface area (Å²) in [6, 6.07) is 10.1. The second-order valence-electron chi connectivity index (χ2n) is 6.63. The molecule has 2 aliphatic rings. The Balaban J connectivity index is 1.40. The molecule has 0 unspecified atom stereocenters. The highest BCUT2D eigenvalue weighted by atomic mass is 35.5. The maximum Gasteiger partial charge on any atom is 0.253 e. The third kappa shape index (κ3) is 3.62. The number of piperidine rings is 1. The molecule has 0 bridgehead atoms. The first-order valence-electron chi connectivity index (χ1n) is 8.71. The van der Waals surface area contributed by atoms with E-state index in [0.717, 1.165) is 0 Å². The molecule has 27 heavy (non-hydrogen) atoms. The summed E-state index contributed by atoms with van der Waals surface area (Å²) in [5.74, 6) is 1.10. The molecular weight excluding hydrogens is 389 g/mol. The quantitative estimate of drug-likeness (QED) is 0.707. The number of carbonyl (C=O) groups is 2. The minimum atomic E-state index is -0.122. The highest BCUT2D eigenvalue weighted by Crippen LogP contribution is 2.33. The number of ether oxygens (including phenoxy) is 2. The number of hydrogen-bond acceptors (Lipinski definition) is 4. The number of fused-ring (bicyclic) bond motifs is 1. The molecule has 0 aliphatic carbocycles. The third-order valence-corrected chi connectivity index (χ3v) is 5.72. The Morgan fingerprint density at radius 1 is 0.889 bits per heavy atom. The van der Waals surface area contributed by atoms with E-state index >= 15 is 0 Å². The summed E-state index contributed by atoms with van der Waals surface area (Å²) >= 11 is 11.9. The van der Waals surface area contributed by atoms with Crippen LogP contribution in [0.15, 0.2) is 36.4 Å². The van der Waals surface area contributed by atoms with Crippen LogP contribution >= 0.6 is 23.2 Å². The second kappa shape index (κ2) is 7.41. The van der Waals surface area contributed by atoms with Crippen molar-refractivity contribution in [1.82, 2.24) is 4.90 Å². The van der Waals surface area contributed by atoms with Gasteiger partial charge >= 0.3 is 0 Å². The second-order valence-corrected chi connectivity index (χ2v) is 7.44. The molecule has 1 saturated heterocycles. The normalized spacial score (nSPS) is 16.4. The number of Topliss-reactive ketones (excluding diaryl/α,β-unsaturated/α-hetero) is 1. The summed E-state index contributed by atoms with van der Waals surface area (Å²) in [4.78, 5) is 27.2. The minimum Gasteiger partial charge on any atom is -0.454 e. The predicted molar refractivity (Wildman–Crippen MR) is 102 cm³/mol. The average molecular weight is 406 g/mol. The lowest BCUT2D eigenvalue weighted by molar-refractivity contribution is 0.0650. The molecule has 0 saturated carbocycles. The fourth-order valence-corrected chi connectivity index (χ4v) is 3.74. The number of ketones is 1. The highest BCUT2D eigenvalue weighted by Gasteiger charge is 2.29. The highest BCUT2D eigenvalue weighted by molar-refractivity contribution is 6.42. The summed E-state index contributed by atoms with van der Waals surface area (Å²) in [6.45, 7) is 1.24. The monoisotopic (exact) mass is 405 g/mol. The summed E-state index contributed by atoms with van der Waals surface area (Å²) in [6.07, 6.45) is 1.24. The zero-order chi connectivity index (χ0) is 19.0. The van der Waals surface area contributed by atoms with Gasteiger partial charge in [0.15, 0.2) is 17.3 Å². The van der Waals surface area contributed by atoms with Crippen LogP contribution in [0.3, 0.4) is 0 Å². The van der Waals surface area contributed by atoms with E-state index in [-0.39, 0.29) is 24.4 Å². The van der Waals surface area contributed by atoms with E-state index in [9.17, 15) is 9.59 Å². The Kier molecular flexibility index (Phi) is 4.98. The van der Waals surface area contributed by atoms with Crippen LogP contribution in [0.4, 0.5) is 0 Å². The molecule has 4 rings (SSSR count). The Morgan fingerprint density at radius 2 is 1.59 bits per heavy atom. The summed E-state index contributed by atoms with van der Waals surface area (Å²) in [7, 11) is 0. The van der Waals surface area contributed by atoms with Crippen LogP contribution in [0.2, 0.25) is 10.0 Å². The van der Waals surface area contributed by atoms with Gasteiger partial charge in [-0.05, 0) is 49.2 Å². The molecule has 2 aromatic carbocycles. The van der Waals surface area contributed by atoms with Gasteiger partial charge < -0.3 is 14.4 Å². The lowest BCUT2D eigenvalue weighted by Gasteiger charge is -2.31. The van der Waals surface area contributed by atoms with E-state index in [1.807, 2.05) is 0 Å². The summed E-state index contributed by atoms with van der Waals surface area (Å²) in [5, 5.41) is 0.801. The van der Waals surface area contributed by atoms with Crippen molar-refractivity contribution in [2.75, 3.05) is 19.9 Å². The Hall–Kier alpha value is -2.24. The van der Waals surface area contributed by atoms with Gasteiger partial charge in [-0.2, -0.15) is 0 Å². The average Bonchev–Trinajstić information content (AvgIpc) is 3.17. The van der Waals surface area contributed by atoms with Crippen LogP contribution < -0.4 is 9.47 Å². The van der Waals surface area contributed by atoms with Crippen LogP contribution in [0.1, 0.15) is 33.6 Å². The fourth-order valence-electron chi connectivity index (χ4n) is 3.44. The van der Waals surface area contributed by atoms with E-state index in [1.54, 1.807) is 41.3 Å². The van der Waals surface area contributed by atoms with Gasteiger partial charge in [0.25, 0.3) is 5.91 Å². The number of carbonyl (C=O) groups excluding carboxylic acids is 2. The number of likely N-dealkylation sites (tertiary alicyclic amines) is 1. The van der Waals surface area contributed by atoms with Crippen molar-refractivity contribution in [3.8, 4) is 11.5 Å². The molecule has 2 heterocycles. The van der Waals surface area contributed by atoms with E-state index in [2.05, 4.69) is 0 Å². The van der Waals surface area contributed by atoms with E-state index in [0.29, 0.717) is 58.6 Å². The van der Waals surface area contributed by atoms with Crippen LogP contribution in [0, 0.1) is 5.92 Å². The maximum atomic E-state index is 12.7. The molecule has 0 radical (unpaired) electrons. The molecule has 2 aliphatic heterocycles. The summed E-state index contributed by atoms with van der Waals surface area (Å²) in [5.41, 5.74) is 1.12. The summed E-state index contributed by atoms with van der Waals surface area (Å²) < 4.78 is 10.6. The number of amides is 1. The largest absolute Gasteiger partial charge is 0.454 e. The van der Waals surface area contributed by atoms with Crippen molar-refractivity contribution >= 4 is 34.9 Å². The van der Waals surface area contributed by atoms with E-state index in [1.165, 1.54) is 0 Å². The molecule has 0 N–H and O–H groups in total. The van der Waals surface area contributed by atoms with Crippen LogP contribution in [0.5, 0.6) is 11.5 Å². The third-order valence-electron chi connectivity index (χ3n) is 4.98. The first kappa shape index (κ1) is 18.1. The van der Waals surface area contributed by atoms with Crippen molar-refractivity contribution in [3.63, 3.8) is 0 Å². The molecule has 1 amide bonds. The van der Waals surface area contributed by atoms with Gasteiger partial charge in [0, 0.05) is 30.1 Å². The zero-order valence-electron chi connectivity index (χ0n) is 14.4. The number of hydrogen-bond donors (Lipinski definition) is 0. The molecule has 1 fully saturated rings. The molecule has 0 aromatic heterocycles. The minimum absolute atomic E-state index is 0.0451. The van der Waals surface area contributed by atoms with Gasteiger partial charge in [-0.3, -0.25) is 9.59 Å². The molecule has 7 heteroatoms. The van der Waals surface area contributed by atoms with Crippen LogP contribution in [0.25, 0.3) is 0 Å². The molecule has 0 spiro atoms. The topological polar surface area (TPSA) is 55.8 Å². The molecular formula is C20H17Cl2NO4. The van der Waals surface area contributed by atoms with Gasteiger partial charge in [-0.25, -0.2) is 0 Å². The lowest BCUT2D eigenvalue weighted by atomic mass is 9.88. The number of rotatable bonds is 3. The lowest BCUT2D eigenvalue weighted by Crippen LogP contribution is -2.40. The maximum absolute atomic E-state index is 12.7. The van der Waals surface area contributed by atoms with Gasteiger partial charge in [0.1, 0.15) is 0 Å². The Bertz CT molecular complexity index is 907. The van der Waals surface area contributed by atoms with Crippen LogP contribution in [-0.2, 0) is 0 Å². The van der Waals surface area contributed by atoms with Crippen molar-refractivity contribution in [1.29, 1.82) is 0 Å². The first-order chi connectivity index (χ1) is 13.0. The predicted octanol–water partition coefficient (Wildman–Crippen LogP) is 4.46. The number of benzene rings is 2. The Labute approximate surface area is 166 Å². The standard InChI is InChI=1S/C20H17Cl2NO4/c21-15-3-1-13(9-16(15)22)19(24)12-5-7-23(8-6-12)20(25)14-2-4-17-18(10-14)27-11-26-17/h1-4,9-10,12H,5-8,11H2. The SMILES string of the molecule is O=C(c1ccc(Cl)c(Cl)c1)C1CCN(C(=O)c2ccc3c(c2)OCO3)CC1. The number of nitrogens with zero attached hydrogens (tertiary/aromatic N) is 1. The van der Waals surface area contributed by atoms with Gasteiger partial charge in [0.05, 0.1) is 10.0 Å². The van der Waals surface area contributed by atoms with Crippen molar-refractivity contribution in [2.45, 2.75) is 12.8 Å². The van der Waals surface area contributed by atoms with Gasteiger partial charge in [0.2, 0.25) is 6.79 Å². The molecule has 140 valence electrons. The molecule has 2 aromatic rings. The first-order valence-corrected chi connectivity index (χ1v) is 9.47. The van der Waals surface area contributed by atoms with E-state index < -0.39 is 0 Å². The van der Waals surface area contributed by atoms with Gasteiger partial charge in [-0.1, -0.05) is 23.2 Å². The zero-order valence-corrected chi connectivity index (χ0v) is 15.9. The number of halogens is 2. The molecule has 0 atom stereocenters. The van der Waals surface area contributed by atoms with Crippen molar-refractivity contribution in [2.24, 2.45) is 5.92 Å². The van der Waals surface area contributed by atoms with Crippen molar-refractivity contribution in [3.05, 3.63) is 57.6 Å². The van der Waals surface area contributed by atoms with Crippen LogP contribution in [-0.4, -0.2) is 36.5 Å². The van der Waals surface area contributed by atoms with Gasteiger partial charge in [-0.15, -0.1) is 0 Å². The van der Waals surface area contributed by atoms with Crippen molar-refractivity contribution < 1.29 is 19.1 Å². The van der Waals surface area contributed by atoms with E-state index in [4.69, 9.17) is 32.7 Å².